The van der Waals surface area contributed by atoms with E-state index in [9.17, 15) is 0 Å². The van der Waals surface area contributed by atoms with Crippen molar-refractivity contribution in [2.24, 2.45) is 0 Å². The summed E-state index contributed by atoms with van der Waals surface area (Å²) in [5.74, 6) is 0. The van der Waals surface area contributed by atoms with Crippen molar-refractivity contribution in [2.75, 3.05) is 0 Å². The summed E-state index contributed by atoms with van der Waals surface area (Å²) >= 11 is 10.6. The zero-order valence-electron chi connectivity index (χ0n) is 11.5. The maximum atomic E-state index is 4.61. The molecule has 0 spiro atoms. The summed E-state index contributed by atoms with van der Waals surface area (Å²) < 4.78 is 4.86. The van der Waals surface area contributed by atoms with E-state index < -0.39 is 0 Å². The van der Waals surface area contributed by atoms with Crippen molar-refractivity contribution >= 4 is 47.8 Å². The SMILES string of the molecule is CC(C)(C)NCc1ccn(-c2c(Br)cc(Br)cc2Br)n1. The maximum absolute atomic E-state index is 4.61. The molecule has 1 aromatic heterocycles. The van der Waals surface area contributed by atoms with Crippen LogP contribution in [0, 0.1) is 0 Å². The normalized spacial score (nSPS) is 11.9. The zero-order chi connectivity index (χ0) is 14.9. The van der Waals surface area contributed by atoms with E-state index >= 15 is 0 Å². The van der Waals surface area contributed by atoms with Gasteiger partial charge in [0.25, 0.3) is 0 Å². The number of halogens is 3. The highest BCUT2D eigenvalue weighted by Crippen LogP contribution is 2.32. The Kier molecular flexibility index (Phi) is 5.10. The summed E-state index contributed by atoms with van der Waals surface area (Å²) in [6.07, 6.45) is 1.97. The van der Waals surface area contributed by atoms with E-state index in [1.807, 2.05) is 29.1 Å². The molecule has 2 aromatic rings. The summed E-state index contributed by atoms with van der Waals surface area (Å²) in [5, 5.41) is 8.05. The molecule has 0 aliphatic heterocycles. The topological polar surface area (TPSA) is 29.9 Å². The first-order valence-corrected chi connectivity index (χ1v) is 8.59. The smallest absolute Gasteiger partial charge is 0.0930 e. The Morgan fingerprint density at radius 2 is 1.75 bits per heavy atom. The van der Waals surface area contributed by atoms with Crippen LogP contribution in [0.4, 0.5) is 0 Å². The zero-order valence-corrected chi connectivity index (χ0v) is 16.3. The summed E-state index contributed by atoms with van der Waals surface area (Å²) in [6, 6.07) is 6.05. The molecule has 0 unspecified atom stereocenters. The molecule has 20 heavy (non-hydrogen) atoms. The van der Waals surface area contributed by atoms with Crippen LogP contribution in [0.25, 0.3) is 5.69 Å². The molecule has 0 saturated carbocycles. The fourth-order valence-corrected chi connectivity index (χ4v) is 4.31. The molecular formula is C14H16Br3N3. The molecule has 3 nitrogen and oxygen atoms in total. The van der Waals surface area contributed by atoms with E-state index in [0.717, 1.165) is 31.3 Å². The van der Waals surface area contributed by atoms with E-state index in [1.54, 1.807) is 0 Å². The van der Waals surface area contributed by atoms with E-state index in [-0.39, 0.29) is 5.54 Å². The molecule has 1 aromatic carbocycles. The van der Waals surface area contributed by atoms with Gasteiger partial charge in [-0.05, 0) is 70.8 Å². The van der Waals surface area contributed by atoms with Gasteiger partial charge >= 0.3 is 0 Å². The monoisotopic (exact) mass is 463 g/mol. The standard InChI is InChI=1S/C14H16Br3N3/c1-14(2,3)18-8-10-4-5-20(19-10)13-11(16)6-9(15)7-12(13)17/h4-7,18H,8H2,1-3H3. The van der Waals surface area contributed by atoms with Crippen molar-refractivity contribution in [1.82, 2.24) is 15.1 Å². The van der Waals surface area contributed by atoms with Gasteiger partial charge in [-0.15, -0.1) is 0 Å². The van der Waals surface area contributed by atoms with Crippen LogP contribution in [-0.4, -0.2) is 15.3 Å². The van der Waals surface area contributed by atoms with Crippen LogP contribution < -0.4 is 5.32 Å². The molecular weight excluding hydrogens is 450 g/mol. The molecule has 0 aliphatic carbocycles. The maximum Gasteiger partial charge on any atom is 0.0930 e. The Bertz CT molecular complexity index is 591. The Morgan fingerprint density at radius 3 is 2.30 bits per heavy atom. The number of nitrogens with one attached hydrogen (secondary N) is 1. The van der Waals surface area contributed by atoms with Crippen molar-refractivity contribution in [3.05, 3.63) is 43.5 Å². The molecule has 108 valence electrons. The average Bonchev–Trinajstić information content (AvgIpc) is 2.72. The third-order valence-corrected chi connectivity index (χ3v) is 4.32. The van der Waals surface area contributed by atoms with Crippen LogP contribution in [-0.2, 0) is 6.54 Å². The molecule has 0 radical (unpaired) electrons. The highest BCUT2D eigenvalue weighted by atomic mass is 79.9. The lowest BCUT2D eigenvalue weighted by molar-refractivity contribution is 0.420. The number of rotatable bonds is 3. The van der Waals surface area contributed by atoms with Gasteiger partial charge in [0.05, 0.1) is 11.4 Å². The lowest BCUT2D eigenvalue weighted by Gasteiger charge is -2.19. The fraction of sp³-hybridized carbons (Fsp3) is 0.357. The van der Waals surface area contributed by atoms with Crippen LogP contribution >= 0.6 is 47.8 Å². The van der Waals surface area contributed by atoms with Gasteiger partial charge < -0.3 is 5.32 Å². The summed E-state index contributed by atoms with van der Waals surface area (Å²) in [6.45, 7) is 7.19. The minimum atomic E-state index is 0.0859. The fourth-order valence-electron chi connectivity index (χ4n) is 1.69. The summed E-state index contributed by atoms with van der Waals surface area (Å²) in [7, 11) is 0. The predicted octanol–water partition coefficient (Wildman–Crippen LogP) is 5.05. The van der Waals surface area contributed by atoms with Gasteiger partial charge in [-0.1, -0.05) is 15.9 Å². The van der Waals surface area contributed by atoms with Crippen LogP contribution in [0.5, 0.6) is 0 Å². The van der Waals surface area contributed by atoms with E-state index in [4.69, 9.17) is 0 Å². The van der Waals surface area contributed by atoms with E-state index in [2.05, 4.69) is 79.0 Å². The number of benzene rings is 1. The first kappa shape index (κ1) is 16.2. The lowest BCUT2D eigenvalue weighted by atomic mass is 10.1. The first-order chi connectivity index (χ1) is 9.26. The molecule has 0 saturated heterocycles. The average molecular weight is 466 g/mol. The van der Waals surface area contributed by atoms with Crippen LogP contribution in [0.1, 0.15) is 26.5 Å². The van der Waals surface area contributed by atoms with Crippen LogP contribution in [0.3, 0.4) is 0 Å². The largest absolute Gasteiger partial charge is 0.306 e. The number of aromatic nitrogens is 2. The summed E-state index contributed by atoms with van der Waals surface area (Å²) in [4.78, 5) is 0. The van der Waals surface area contributed by atoms with Crippen molar-refractivity contribution in [1.29, 1.82) is 0 Å². The Labute approximate surface area is 144 Å². The van der Waals surface area contributed by atoms with Gasteiger partial charge in [0.1, 0.15) is 0 Å². The van der Waals surface area contributed by atoms with Crippen LogP contribution in [0.2, 0.25) is 0 Å². The third kappa shape index (κ3) is 4.16. The van der Waals surface area contributed by atoms with Crippen LogP contribution in [0.15, 0.2) is 37.8 Å². The predicted molar refractivity (Wildman–Crippen MR) is 93.3 cm³/mol. The lowest BCUT2D eigenvalue weighted by Crippen LogP contribution is -2.35. The van der Waals surface area contributed by atoms with Gasteiger partial charge in [-0.25, -0.2) is 4.68 Å². The minimum Gasteiger partial charge on any atom is -0.306 e. The molecule has 0 amide bonds. The second-order valence-electron chi connectivity index (χ2n) is 5.57. The first-order valence-electron chi connectivity index (χ1n) is 6.21. The molecule has 0 fully saturated rings. The molecule has 0 bridgehead atoms. The number of hydrogen-bond acceptors (Lipinski definition) is 2. The van der Waals surface area contributed by atoms with Gasteiger partial charge in [-0.2, -0.15) is 5.10 Å². The molecule has 1 heterocycles. The molecule has 2 rings (SSSR count). The molecule has 6 heteroatoms. The molecule has 0 atom stereocenters. The third-order valence-electron chi connectivity index (χ3n) is 2.65. The second kappa shape index (κ2) is 6.30. The Balaban J connectivity index is 2.25. The second-order valence-corrected chi connectivity index (χ2v) is 8.20. The van der Waals surface area contributed by atoms with Crippen molar-refractivity contribution in [3.8, 4) is 5.69 Å². The quantitative estimate of drug-likeness (QED) is 0.687. The van der Waals surface area contributed by atoms with Crippen molar-refractivity contribution < 1.29 is 0 Å². The minimum absolute atomic E-state index is 0.0859. The molecule has 1 N–H and O–H groups in total. The van der Waals surface area contributed by atoms with Gasteiger partial charge in [0.2, 0.25) is 0 Å². The van der Waals surface area contributed by atoms with E-state index in [1.165, 1.54) is 0 Å². The number of hydrogen-bond donors (Lipinski definition) is 1. The Hall–Kier alpha value is -0.170. The van der Waals surface area contributed by atoms with Gasteiger partial charge in [0.15, 0.2) is 0 Å². The Morgan fingerprint density at radius 1 is 1.15 bits per heavy atom. The summed E-state index contributed by atoms with van der Waals surface area (Å²) in [5.41, 5.74) is 2.10. The van der Waals surface area contributed by atoms with Crippen molar-refractivity contribution in [3.63, 3.8) is 0 Å². The van der Waals surface area contributed by atoms with Gasteiger partial charge in [-0.3, -0.25) is 0 Å². The highest BCUT2D eigenvalue weighted by molar-refractivity contribution is 9.11. The highest BCUT2D eigenvalue weighted by Gasteiger charge is 2.12. The van der Waals surface area contributed by atoms with E-state index in [0.29, 0.717) is 0 Å². The number of nitrogens with zero attached hydrogens (tertiary/aromatic N) is 2. The van der Waals surface area contributed by atoms with Crippen molar-refractivity contribution in [2.45, 2.75) is 32.9 Å². The molecule has 0 aliphatic rings. The van der Waals surface area contributed by atoms with Gasteiger partial charge in [0, 0.05) is 31.7 Å².